The summed E-state index contributed by atoms with van der Waals surface area (Å²) in [5, 5.41) is 3.53. The summed E-state index contributed by atoms with van der Waals surface area (Å²) in [7, 11) is 6.60. The van der Waals surface area contributed by atoms with Gasteiger partial charge in [0.15, 0.2) is 0 Å². The molecule has 1 N–H and O–H groups in total. The molecule has 2 rings (SSSR count). The summed E-state index contributed by atoms with van der Waals surface area (Å²) in [4.78, 5) is 4.83. The highest BCUT2D eigenvalue weighted by molar-refractivity contribution is 5.32. The van der Waals surface area contributed by atoms with Crippen LogP contribution in [0.25, 0.3) is 0 Å². The van der Waals surface area contributed by atoms with Gasteiger partial charge in [0.2, 0.25) is 0 Å². The van der Waals surface area contributed by atoms with E-state index in [0.717, 1.165) is 19.6 Å². The van der Waals surface area contributed by atoms with Crippen LogP contribution in [-0.4, -0.2) is 56.6 Å². The topological polar surface area (TPSA) is 18.5 Å². The van der Waals surface area contributed by atoms with Crippen molar-refractivity contribution in [1.29, 1.82) is 0 Å². The van der Waals surface area contributed by atoms with Crippen LogP contribution in [0, 0.1) is 13.8 Å². The van der Waals surface area contributed by atoms with Crippen LogP contribution in [0.5, 0.6) is 0 Å². The molecule has 0 bridgehead atoms. The fraction of sp³-hybridized carbons (Fsp3) is 0.625. The first-order chi connectivity index (χ1) is 9.00. The highest BCUT2D eigenvalue weighted by Crippen LogP contribution is 2.27. The molecule has 3 nitrogen and oxygen atoms in total. The van der Waals surface area contributed by atoms with Crippen molar-refractivity contribution in [2.45, 2.75) is 25.9 Å². The zero-order valence-electron chi connectivity index (χ0n) is 12.9. The summed E-state index contributed by atoms with van der Waals surface area (Å²) < 4.78 is 0. The number of rotatable bonds is 3. The van der Waals surface area contributed by atoms with Gasteiger partial charge in [-0.3, -0.25) is 4.90 Å². The smallest absolute Gasteiger partial charge is 0.0510 e. The van der Waals surface area contributed by atoms with Gasteiger partial charge in [-0.25, -0.2) is 0 Å². The zero-order chi connectivity index (χ0) is 14.0. The second kappa shape index (κ2) is 6.04. The summed E-state index contributed by atoms with van der Waals surface area (Å²) in [6.07, 6.45) is 0. The molecule has 19 heavy (non-hydrogen) atoms. The van der Waals surface area contributed by atoms with E-state index < -0.39 is 0 Å². The molecule has 1 saturated heterocycles. The van der Waals surface area contributed by atoms with Crippen molar-refractivity contribution in [3.8, 4) is 0 Å². The lowest BCUT2D eigenvalue weighted by Gasteiger charge is -2.41. The Balaban J connectivity index is 2.31. The van der Waals surface area contributed by atoms with E-state index in [1.807, 2.05) is 0 Å². The Morgan fingerprint density at radius 2 is 2.00 bits per heavy atom. The number of nitrogens with one attached hydrogen (secondary N) is 1. The highest BCUT2D eigenvalue weighted by Gasteiger charge is 2.30. The minimum absolute atomic E-state index is 0.442. The fourth-order valence-corrected chi connectivity index (χ4v) is 2.99. The number of hydrogen-bond donors (Lipinski definition) is 1. The number of nitrogens with zero attached hydrogens (tertiary/aromatic N) is 2. The molecule has 1 fully saturated rings. The minimum Gasteiger partial charge on any atom is -0.314 e. The average molecular weight is 261 g/mol. The number of benzene rings is 1. The van der Waals surface area contributed by atoms with E-state index in [1.165, 1.54) is 16.7 Å². The largest absolute Gasteiger partial charge is 0.314 e. The van der Waals surface area contributed by atoms with Crippen LogP contribution in [-0.2, 0) is 0 Å². The molecule has 0 saturated carbocycles. The Hall–Kier alpha value is -0.900. The maximum Gasteiger partial charge on any atom is 0.0510 e. The molecule has 0 radical (unpaired) electrons. The van der Waals surface area contributed by atoms with E-state index in [9.17, 15) is 0 Å². The number of piperazine rings is 1. The third-order valence-corrected chi connectivity index (χ3v) is 4.35. The number of hydrogen-bond acceptors (Lipinski definition) is 3. The van der Waals surface area contributed by atoms with Crippen molar-refractivity contribution in [2.75, 3.05) is 40.8 Å². The van der Waals surface area contributed by atoms with Crippen molar-refractivity contribution in [3.63, 3.8) is 0 Å². The standard InChI is InChI=1S/C16H27N3/c1-12-6-7-14(10-13(12)2)16(18(3)4)15-11-17-8-9-19(15)5/h6-7,10,15-17H,8-9,11H2,1-5H3. The van der Waals surface area contributed by atoms with Crippen LogP contribution in [0.3, 0.4) is 0 Å². The van der Waals surface area contributed by atoms with Crippen LogP contribution in [0.1, 0.15) is 22.7 Å². The lowest BCUT2D eigenvalue weighted by atomic mass is 9.93. The molecular formula is C16H27N3. The Bertz CT molecular complexity index is 428. The number of likely N-dealkylation sites (N-methyl/N-ethyl adjacent to an activating group) is 2. The van der Waals surface area contributed by atoms with Gasteiger partial charge in [-0.2, -0.15) is 0 Å². The lowest BCUT2D eigenvalue weighted by Crippen LogP contribution is -2.54. The van der Waals surface area contributed by atoms with Gasteiger partial charge in [0.05, 0.1) is 6.04 Å². The Labute approximate surface area is 117 Å². The first kappa shape index (κ1) is 14.5. The van der Waals surface area contributed by atoms with Crippen molar-refractivity contribution >= 4 is 0 Å². The predicted octanol–water partition coefficient (Wildman–Crippen LogP) is 1.81. The van der Waals surface area contributed by atoms with E-state index >= 15 is 0 Å². The second-order valence-electron chi connectivity index (χ2n) is 6.00. The van der Waals surface area contributed by atoms with E-state index in [2.05, 4.69) is 68.3 Å². The number of aryl methyl sites for hydroxylation is 2. The summed E-state index contributed by atoms with van der Waals surface area (Å²) in [6.45, 7) is 7.67. The zero-order valence-corrected chi connectivity index (χ0v) is 12.9. The van der Waals surface area contributed by atoms with Crippen LogP contribution in [0.2, 0.25) is 0 Å². The molecule has 1 aromatic carbocycles. The summed E-state index contributed by atoms with van der Waals surface area (Å²) in [5.74, 6) is 0. The van der Waals surface area contributed by atoms with Gasteiger partial charge in [-0.15, -0.1) is 0 Å². The first-order valence-corrected chi connectivity index (χ1v) is 7.15. The van der Waals surface area contributed by atoms with Crippen LogP contribution in [0.4, 0.5) is 0 Å². The fourth-order valence-electron chi connectivity index (χ4n) is 2.99. The molecule has 2 unspecified atom stereocenters. The average Bonchev–Trinajstić information content (AvgIpc) is 2.36. The quantitative estimate of drug-likeness (QED) is 0.895. The monoisotopic (exact) mass is 261 g/mol. The SMILES string of the molecule is Cc1ccc(C(C2CNCCN2C)N(C)C)cc1C. The van der Waals surface area contributed by atoms with Gasteiger partial charge in [0.25, 0.3) is 0 Å². The Morgan fingerprint density at radius 1 is 1.26 bits per heavy atom. The van der Waals surface area contributed by atoms with Crippen molar-refractivity contribution in [2.24, 2.45) is 0 Å². The van der Waals surface area contributed by atoms with Gasteiger partial charge < -0.3 is 10.2 Å². The van der Waals surface area contributed by atoms with Gasteiger partial charge in [-0.1, -0.05) is 18.2 Å². The van der Waals surface area contributed by atoms with E-state index in [4.69, 9.17) is 0 Å². The Kier molecular flexibility index (Phi) is 4.61. The third-order valence-electron chi connectivity index (χ3n) is 4.35. The van der Waals surface area contributed by atoms with Crippen LogP contribution in [0.15, 0.2) is 18.2 Å². The summed E-state index contributed by atoms with van der Waals surface area (Å²) in [6, 6.07) is 7.86. The molecule has 0 aromatic heterocycles. The lowest BCUT2D eigenvalue weighted by molar-refractivity contribution is 0.107. The molecule has 106 valence electrons. The molecule has 0 amide bonds. The van der Waals surface area contributed by atoms with Crippen LogP contribution >= 0.6 is 0 Å². The molecule has 0 aliphatic carbocycles. The molecule has 2 atom stereocenters. The van der Waals surface area contributed by atoms with E-state index in [0.29, 0.717) is 12.1 Å². The molecule has 1 aliphatic rings. The second-order valence-corrected chi connectivity index (χ2v) is 6.00. The third kappa shape index (κ3) is 3.16. The molecule has 1 heterocycles. The van der Waals surface area contributed by atoms with Gasteiger partial charge in [0.1, 0.15) is 0 Å². The first-order valence-electron chi connectivity index (χ1n) is 7.15. The maximum absolute atomic E-state index is 3.53. The molecular weight excluding hydrogens is 234 g/mol. The molecule has 1 aliphatic heterocycles. The van der Waals surface area contributed by atoms with Gasteiger partial charge in [0, 0.05) is 25.7 Å². The highest BCUT2D eigenvalue weighted by atomic mass is 15.3. The summed E-state index contributed by atoms with van der Waals surface area (Å²) in [5.41, 5.74) is 4.18. The maximum atomic E-state index is 3.53. The Morgan fingerprint density at radius 3 is 2.58 bits per heavy atom. The van der Waals surface area contributed by atoms with Crippen molar-refractivity contribution in [1.82, 2.24) is 15.1 Å². The molecule has 3 heteroatoms. The van der Waals surface area contributed by atoms with Crippen molar-refractivity contribution < 1.29 is 0 Å². The normalized spacial score (nSPS) is 22.7. The minimum atomic E-state index is 0.442. The van der Waals surface area contributed by atoms with Gasteiger partial charge in [-0.05, 0) is 51.7 Å². The molecule has 1 aromatic rings. The van der Waals surface area contributed by atoms with E-state index in [1.54, 1.807) is 0 Å². The van der Waals surface area contributed by atoms with Crippen molar-refractivity contribution in [3.05, 3.63) is 34.9 Å². The summed E-state index contributed by atoms with van der Waals surface area (Å²) >= 11 is 0. The van der Waals surface area contributed by atoms with Gasteiger partial charge >= 0.3 is 0 Å². The predicted molar refractivity (Wildman–Crippen MR) is 81.6 cm³/mol. The van der Waals surface area contributed by atoms with E-state index in [-0.39, 0.29) is 0 Å². The molecule has 0 spiro atoms. The van der Waals surface area contributed by atoms with Crippen LogP contribution < -0.4 is 5.32 Å².